The first kappa shape index (κ1) is 19.9. The largest absolute Gasteiger partial charge is 0.368 e. The number of nitrogen functional groups attached to an aromatic ring is 1. The number of halogens is 1. The zero-order chi connectivity index (χ0) is 21.4. The van der Waals surface area contributed by atoms with Gasteiger partial charge in [-0.15, -0.1) is 0 Å². The molecule has 0 unspecified atom stereocenters. The van der Waals surface area contributed by atoms with E-state index in [2.05, 4.69) is 27.2 Å². The number of benzene rings is 1. The first-order valence-electron chi connectivity index (χ1n) is 9.55. The highest BCUT2D eigenvalue weighted by atomic mass is 35.5. The number of pyridine rings is 1. The molecule has 0 radical (unpaired) electrons. The zero-order valence-electron chi connectivity index (χ0n) is 16.4. The zero-order valence-corrected chi connectivity index (χ0v) is 17.1. The maximum Gasteiger partial charge on any atom is 0.260 e. The van der Waals surface area contributed by atoms with E-state index in [1.165, 1.54) is 12.4 Å². The van der Waals surface area contributed by atoms with Gasteiger partial charge in [0.2, 0.25) is 5.95 Å². The highest BCUT2D eigenvalue weighted by Crippen LogP contribution is 2.37. The summed E-state index contributed by atoms with van der Waals surface area (Å²) in [6, 6.07) is 7.14. The lowest BCUT2D eigenvalue weighted by Crippen LogP contribution is -2.27. The number of nitrogens with two attached hydrogens (primary N) is 1. The Morgan fingerprint density at radius 3 is 2.90 bits per heavy atom. The summed E-state index contributed by atoms with van der Waals surface area (Å²) in [6.45, 7) is 5.40. The topological polar surface area (TPSA) is 115 Å². The predicted octanol–water partition coefficient (Wildman–Crippen LogP) is 3.41. The minimum Gasteiger partial charge on any atom is -0.368 e. The Morgan fingerprint density at radius 2 is 2.20 bits per heavy atom. The third kappa shape index (κ3) is 3.61. The average Bonchev–Trinajstić information content (AvgIpc) is 3.53. The van der Waals surface area contributed by atoms with Crippen LogP contribution in [0, 0.1) is 0 Å². The van der Waals surface area contributed by atoms with Gasteiger partial charge >= 0.3 is 0 Å². The smallest absolute Gasteiger partial charge is 0.260 e. The summed E-state index contributed by atoms with van der Waals surface area (Å²) in [5.41, 5.74) is 6.62. The molecule has 1 amide bonds. The van der Waals surface area contributed by atoms with Gasteiger partial charge in [0.25, 0.3) is 11.5 Å². The van der Waals surface area contributed by atoms with E-state index < -0.39 is 5.91 Å². The Balaban J connectivity index is 1.80. The third-order valence-corrected chi connectivity index (χ3v) is 5.37. The number of fused-ring (bicyclic) bond motifs is 1. The number of nitrogens with one attached hydrogen (secondary N) is 2. The Labute approximate surface area is 177 Å². The van der Waals surface area contributed by atoms with Crippen LogP contribution in [-0.2, 0) is 0 Å². The van der Waals surface area contributed by atoms with Crippen LogP contribution in [-0.4, -0.2) is 20.4 Å². The fraction of sp³-hybridized carbons (Fsp3) is 0.238. The van der Waals surface area contributed by atoms with Crippen molar-refractivity contribution in [1.82, 2.24) is 19.9 Å². The van der Waals surface area contributed by atoms with Gasteiger partial charge in [-0.05, 0) is 43.5 Å². The molecule has 0 bridgehead atoms. The van der Waals surface area contributed by atoms with E-state index >= 15 is 0 Å². The second kappa shape index (κ2) is 7.79. The van der Waals surface area contributed by atoms with Gasteiger partial charge in [0, 0.05) is 17.9 Å². The van der Waals surface area contributed by atoms with Gasteiger partial charge in [-0.2, -0.15) is 4.98 Å². The van der Waals surface area contributed by atoms with Crippen molar-refractivity contribution >= 4 is 40.0 Å². The van der Waals surface area contributed by atoms with E-state index in [9.17, 15) is 9.59 Å². The number of rotatable bonds is 6. The first-order chi connectivity index (χ1) is 14.4. The van der Waals surface area contributed by atoms with E-state index in [0.29, 0.717) is 10.4 Å². The van der Waals surface area contributed by atoms with Crippen LogP contribution < -0.4 is 21.9 Å². The number of carbonyl (C=O) groups is 1. The lowest BCUT2D eigenvalue weighted by Gasteiger charge is -2.22. The molecule has 0 saturated heterocycles. The van der Waals surface area contributed by atoms with Crippen LogP contribution in [0.3, 0.4) is 0 Å². The highest BCUT2D eigenvalue weighted by molar-refractivity contribution is 6.35. The van der Waals surface area contributed by atoms with Crippen molar-refractivity contribution < 1.29 is 4.79 Å². The highest BCUT2D eigenvalue weighted by Gasteiger charge is 2.30. The molecule has 1 aromatic carbocycles. The fourth-order valence-electron chi connectivity index (χ4n) is 3.52. The summed E-state index contributed by atoms with van der Waals surface area (Å²) >= 11 is 6.31. The van der Waals surface area contributed by atoms with Crippen LogP contribution in [0.4, 0.5) is 11.8 Å². The molecule has 1 aliphatic carbocycles. The van der Waals surface area contributed by atoms with Gasteiger partial charge in [0.05, 0.1) is 16.5 Å². The van der Waals surface area contributed by atoms with Gasteiger partial charge in [0.1, 0.15) is 11.4 Å². The first-order valence-corrected chi connectivity index (χ1v) is 9.93. The molecule has 4 N–H and O–H groups in total. The molecule has 0 spiro atoms. The number of amides is 1. The summed E-state index contributed by atoms with van der Waals surface area (Å²) in [6.07, 6.45) is 4.50. The van der Waals surface area contributed by atoms with Crippen molar-refractivity contribution in [3.05, 3.63) is 69.9 Å². The maximum atomic E-state index is 13.3. The number of hydrogen-bond acceptors (Lipinski definition) is 6. The van der Waals surface area contributed by atoms with E-state index in [4.69, 9.17) is 17.3 Å². The predicted molar refractivity (Wildman–Crippen MR) is 118 cm³/mol. The lowest BCUT2D eigenvalue weighted by atomic mass is 10.1. The monoisotopic (exact) mass is 424 g/mol. The van der Waals surface area contributed by atoms with Gasteiger partial charge in [-0.3, -0.25) is 9.59 Å². The fourth-order valence-corrected chi connectivity index (χ4v) is 3.78. The van der Waals surface area contributed by atoms with Crippen molar-refractivity contribution in [2.75, 3.05) is 11.1 Å². The van der Waals surface area contributed by atoms with E-state index in [1.807, 2.05) is 25.1 Å². The third-order valence-electron chi connectivity index (χ3n) is 5.05. The van der Waals surface area contributed by atoms with Crippen LogP contribution in [0.2, 0.25) is 5.02 Å². The van der Waals surface area contributed by atoms with Crippen molar-refractivity contribution in [2.45, 2.75) is 31.8 Å². The quantitative estimate of drug-likeness (QED) is 0.558. The molecule has 0 aliphatic heterocycles. The number of aromatic nitrogens is 3. The van der Waals surface area contributed by atoms with E-state index in [-0.39, 0.29) is 35.0 Å². The van der Waals surface area contributed by atoms with Crippen LogP contribution in [0.1, 0.15) is 47.9 Å². The molecule has 2 aromatic heterocycles. The van der Waals surface area contributed by atoms with Crippen molar-refractivity contribution in [3.8, 4) is 0 Å². The second-order valence-corrected chi connectivity index (χ2v) is 7.62. The van der Waals surface area contributed by atoms with Crippen molar-refractivity contribution in [1.29, 1.82) is 0 Å². The van der Waals surface area contributed by atoms with Gasteiger partial charge in [-0.25, -0.2) is 4.98 Å². The van der Waals surface area contributed by atoms with E-state index in [0.717, 1.165) is 23.9 Å². The van der Waals surface area contributed by atoms with Gasteiger partial charge in [-0.1, -0.05) is 30.3 Å². The molecule has 1 aliphatic rings. The van der Waals surface area contributed by atoms with Crippen molar-refractivity contribution in [3.63, 3.8) is 0 Å². The standard InChI is InChI=1S/C21H21ClN6O2/c1-3-24-19(29)14-10-25-21(23)27-18(14)26-11(2)16-9-12-5-4-6-15(22)17(12)20(30)28(16)13-7-8-13/h3-6,9-11,13H,1,7-8H2,2H3,(H,24,29)(H3,23,25,26,27)/t11-/m0/s1. The summed E-state index contributed by atoms with van der Waals surface area (Å²) in [4.78, 5) is 33.7. The number of nitrogens with zero attached hydrogens (tertiary/aromatic N) is 3. The minimum atomic E-state index is -0.412. The van der Waals surface area contributed by atoms with Crippen molar-refractivity contribution in [2.24, 2.45) is 0 Å². The SMILES string of the molecule is C=CNC(=O)c1cnc(N)nc1N[C@@H](C)c1cc2cccc(Cl)c2c(=O)n1C1CC1. The Morgan fingerprint density at radius 1 is 1.43 bits per heavy atom. The van der Waals surface area contributed by atoms with Crippen LogP contribution in [0.5, 0.6) is 0 Å². The second-order valence-electron chi connectivity index (χ2n) is 7.21. The molecular formula is C21H21ClN6O2. The molecule has 4 rings (SSSR count). The van der Waals surface area contributed by atoms with Gasteiger partial charge < -0.3 is 20.9 Å². The normalized spacial score (nSPS) is 14.3. The lowest BCUT2D eigenvalue weighted by molar-refractivity contribution is 0.0970. The maximum absolute atomic E-state index is 13.3. The Kier molecular flexibility index (Phi) is 5.17. The summed E-state index contributed by atoms with van der Waals surface area (Å²) in [5.74, 6) is -0.107. The van der Waals surface area contributed by atoms with Crippen LogP contribution in [0.15, 0.2) is 48.0 Å². The number of anilines is 2. The number of hydrogen-bond donors (Lipinski definition) is 3. The molecule has 154 valence electrons. The van der Waals surface area contributed by atoms with Crippen LogP contribution >= 0.6 is 11.6 Å². The molecule has 1 saturated carbocycles. The minimum absolute atomic E-state index is 0.0322. The summed E-state index contributed by atoms with van der Waals surface area (Å²) in [7, 11) is 0. The molecule has 3 aromatic rings. The Hall–Kier alpha value is -3.39. The Bertz CT molecular complexity index is 1220. The molecule has 1 fully saturated rings. The molecule has 30 heavy (non-hydrogen) atoms. The average molecular weight is 425 g/mol. The molecular weight excluding hydrogens is 404 g/mol. The molecule has 2 heterocycles. The summed E-state index contributed by atoms with van der Waals surface area (Å²) in [5, 5.41) is 7.44. The molecule has 9 heteroatoms. The molecule has 8 nitrogen and oxygen atoms in total. The molecule has 1 atom stereocenters. The number of carbonyl (C=O) groups excluding carboxylic acids is 1. The van der Waals surface area contributed by atoms with Crippen LogP contribution in [0.25, 0.3) is 10.8 Å². The summed E-state index contributed by atoms with van der Waals surface area (Å²) < 4.78 is 1.79. The van der Waals surface area contributed by atoms with E-state index in [1.54, 1.807) is 10.6 Å². The van der Waals surface area contributed by atoms with Gasteiger partial charge in [0.15, 0.2) is 0 Å².